The van der Waals surface area contributed by atoms with Gasteiger partial charge in [0.1, 0.15) is 5.92 Å². The highest BCUT2D eigenvalue weighted by Crippen LogP contribution is 2.44. The smallest absolute Gasteiger partial charge is 0.295 e. The second-order valence-corrected chi connectivity index (χ2v) is 8.24. The van der Waals surface area contributed by atoms with Crippen LogP contribution in [0.5, 0.6) is 11.5 Å². The highest BCUT2D eigenvalue weighted by Gasteiger charge is 2.52. The Bertz CT molecular complexity index is 1240. The van der Waals surface area contributed by atoms with Gasteiger partial charge in [0.05, 0.1) is 25.3 Å². The van der Waals surface area contributed by atoms with E-state index >= 15 is 0 Å². The molecule has 2 unspecified atom stereocenters. The fraction of sp³-hybridized carbons (Fsp3) is 0.160. The third-order valence-electron chi connectivity index (χ3n) is 5.58. The minimum absolute atomic E-state index is 0.179. The average Bonchev–Trinajstić information content (AvgIpc) is 3.09. The lowest BCUT2D eigenvalue weighted by Crippen LogP contribution is -2.30. The van der Waals surface area contributed by atoms with Gasteiger partial charge >= 0.3 is 0 Å². The van der Waals surface area contributed by atoms with Gasteiger partial charge in [0.25, 0.3) is 5.91 Å². The van der Waals surface area contributed by atoms with Crippen LogP contribution in [0.3, 0.4) is 0 Å². The average molecular weight is 484 g/mol. The molecular weight excluding hydrogens is 465 g/mol. The highest BCUT2D eigenvalue weighted by atomic mass is 35.5. The Hall–Kier alpha value is -3.35. The zero-order valence-corrected chi connectivity index (χ0v) is 19.3. The van der Waals surface area contributed by atoms with Crippen molar-refractivity contribution in [2.75, 3.05) is 19.1 Å². The van der Waals surface area contributed by atoms with Crippen LogP contribution in [0.15, 0.2) is 66.7 Å². The van der Waals surface area contributed by atoms with Gasteiger partial charge in [-0.15, -0.1) is 0 Å². The molecule has 1 heterocycles. The van der Waals surface area contributed by atoms with E-state index in [-0.39, 0.29) is 10.6 Å². The number of hydrogen-bond acceptors (Lipinski definition) is 5. The molecule has 0 spiro atoms. The number of ketones is 2. The van der Waals surface area contributed by atoms with Crippen molar-refractivity contribution in [3.8, 4) is 11.5 Å². The molecule has 168 valence electrons. The molecule has 1 fully saturated rings. The van der Waals surface area contributed by atoms with Crippen molar-refractivity contribution in [3.63, 3.8) is 0 Å². The summed E-state index contributed by atoms with van der Waals surface area (Å²) in [5, 5.41) is 0.697. The Balaban J connectivity index is 1.88. The number of anilines is 1. The lowest BCUT2D eigenvalue weighted by atomic mass is 9.86. The maximum absolute atomic E-state index is 13.5. The van der Waals surface area contributed by atoms with E-state index in [0.717, 1.165) is 0 Å². The number of ether oxygens (including phenoxy) is 2. The topological polar surface area (TPSA) is 72.9 Å². The Labute approximate surface area is 200 Å². The summed E-state index contributed by atoms with van der Waals surface area (Å²) in [7, 11) is 2.97. The second kappa shape index (κ2) is 9.25. The van der Waals surface area contributed by atoms with Crippen LogP contribution in [-0.2, 0) is 9.59 Å². The molecule has 1 aliphatic rings. The molecule has 8 heteroatoms. The molecule has 0 bridgehead atoms. The zero-order chi connectivity index (χ0) is 23.7. The van der Waals surface area contributed by atoms with Gasteiger partial charge in [-0.05, 0) is 42.0 Å². The van der Waals surface area contributed by atoms with Crippen molar-refractivity contribution in [1.29, 1.82) is 0 Å². The molecule has 33 heavy (non-hydrogen) atoms. The molecule has 2 atom stereocenters. The molecule has 1 amide bonds. The number of hydrogen-bond donors (Lipinski definition) is 0. The van der Waals surface area contributed by atoms with Gasteiger partial charge in [-0.2, -0.15) is 0 Å². The summed E-state index contributed by atoms with van der Waals surface area (Å²) in [6.45, 7) is 0. The predicted octanol–water partition coefficient (Wildman–Crippen LogP) is 5.17. The van der Waals surface area contributed by atoms with E-state index in [4.69, 9.17) is 32.7 Å². The zero-order valence-electron chi connectivity index (χ0n) is 17.7. The quantitative estimate of drug-likeness (QED) is 0.274. The number of nitrogens with zero attached hydrogens (tertiary/aromatic N) is 1. The maximum atomic E-state index is 13.5. The van der Waals surface area contributed by atoms with Crippen molar-refractivity contribution in [2.45, 2.75) is 6.04 Å². The predicted molar refractivity (Wildman–Crippen MR) is 126 cm³/mol. The summed E-state index contributed by atoms with van der Waals surface area (Å²) in [6, 6.07) is 17.1. The van der Waals surface area contributed by atoms with Gasteiger partial charge in [-0.25, -0.2) is 0 Å². The number of carbonyl (C=O) groups is 3. The normalized spacial score (nSPS) is 17.9. The maximum Gasteiger partial charge on any atom is 0.295 e. The molecule has 0 saturated carbocycles. The monoisotopic (exact) mass is 483 g/mol. The Morgan fingerprint density at radius 3 is 2.18 bits per heavy atom. The Morgan fingerprint density at radius 1 is 0.879 bits per heavy atom. The first-order valence-electron chi connectivity index (χ1n) is 10.0. The van der Waals surface area contributed by atoms with Crippen LogP contribution < -0.4 is 14.4 Å². The van der Waals surface area contributed by atoms with Crippen molar-refractivity contribution < 1.29 is 23.9 Å². The molecule has 0 aliphatic carbocycles. The second-order valence-electron chi connectivity index (χ2n) is 7.40. The fourth-order valence-electron chi connectivity index (χ4n) is 4.02. The Morgan fingerprint density at radius 2 is 1.55 bits per heavy atom. The van der Waals surface area contributed by atoms with Crippen molar-refractivity contribution >= 4 is 46.4 Å². The van der Waals surface area contributed by atoms with Crippen LogP contribution in [0.1, 0.15) is 22.0 Å². The summed E-state index contributed by atoms with van der Waals surface area (Å²) in [6.07, 6.45) is 0. The van der Waals surface area contributed by atoms with Gasteiger partial charge in [0.2, 0.25) is 5.78 Å². The van der Waals surface area contributed by atoms with Crippen LogP contribution in [0, 0.1) is 5.92 Å². The van der Waals surface area contributed by atoms with Crippen molar-refractivity contribution in [3.05, 3.63) is 87.9 Å². The highest BCUT2D eigenvalue weighted by molar-refractivity contribution is 6.49. The third-order valence-corrected chi connectivity index (χ3v) is 6.17. The largest absolute Gasteiger partial charge is 0.493 e. The summed E-state index contributed by atoms with van der Waals surface area (Å²) < 4.78 is 10.6. The number of carbonyl (C=O) groups excluding carboxylic acids is 3. The molecule has 0 radical (unpaired) electrons. The number of rotatable bonds is 6. The Kier molecular flexibility index (Phi) is 6.40. The summed E-state index contributed by atoms with van der Waals surface area (Å²) in [5.41, 5.74) is 1.15. The molecular formula is C25H19Cl2NO5. The molecule has 0 N–H and O–H groups in total. The molecule has 1 aliphatic heterocycles. The number of halogens is 2. The van der Waals surface area contributed by atoms with E-state index in [9.17, 15) is 14.4 Å². The van der Waals surface area contributed by atoms with Crippen LogP contribution in [0.4, 0.5) is 5.69 Å². The van der Waals surface area contributed by atoms with Gasteiger partial charge < -0.3 is 9.47 Å². The summed E-state index contributed by atoms with van der Waals surface area (Å²) in [5.74, 6) is -2.58. The van der Waals surface area contributed by atoms with E-state index < -0.39 is 29.4 Å². The lowest BCUT2D eigenvalue weighted by Gasteiger charge is -2.28. The van der Waals surface area contributed by atoms with E-state index in [1.807, 2.05) is 0 Å². The van der Waals surface area contributed by atoms with Gasteiger partial charge in [-0.3, -0.25) is 19.3 Å². The first-order chi connectivity index (χ1) is 15.9. The molecule has 0 aromatic heterocycles. The molecule has 3 aromatic rings. The number of Topliss-reactive ketones (excluding diaryl/α,β-unsaturated/α-hetero) is 2. The SMILES string of the molecule is COc1ccc(N2C(=O)C(=O)C(C(=O)c3ccccc3Cl)C2c2ccc(Cl)cc2)cc1OC. The van der Waals surface area contributed by atoms with Crippen LogP contribution in [0.2, 0.25) is 10.0 Å². The van der Waals surface area contributed by atoms with Crippen molar-refractivity contribution in [2.24, 2.45) is 5.92 Å². The standard InChI is InChI=1S/C25H19Cl2NO5/c1-32-19-12-11-16(13-20(19)33-2)28-22(14-7-9-15(26)10-8-14)21(24(30)25(28)31)23(29)17-5-3-4-6-18(17)27/h3-13,21-22H,1-2H3. The minimum Gasteiger partial charge on any atom is -0.493 e. The van der Waals surface area contributed by atoms with Crippen molar-refractivity contribution in [1.82, 2.24) is 0 Å². The van der Waals surface area contributed by atoms with E-state index in [0.29, 0.717) is 27.8 Å². The first kappa shape index (κ1) is 22.8. The summed E-state index contributed by atoms with van der Waals surface area (Å²) >= 11 is 12.3. The van der Waals surface area contributed by atoms with Crippen LogP contribution >= 0.6 is 23.2 Å². The van der Waals surface area contributed by atoms with E-state index in [1.165, 1.54) is 19.1 Å². The molecule has 1 saturated heterocycles. The molecule has 4 rings (SSSR count). The van der Waals surface area contributed by atoms with Gasteiger partial charge in [-0.1, -0.05) is 47.5 Å². The van der Waals surface area contributed by atoms with Gasteiger partial charge in [0, 0.05) is 22.3 Å². The number of amides is 1. The third kappa shape index (κ3) is 4.08. The number of benzene rings is 3. The van der Waals surface area contributed by atoms with Crippen LogP contribution in [0.25, 0.3) is 0 Å². The first-order valence-corrected chi connectivity index (χ1v) is 10.8. The number of methoxy groups -OCH3 is 2. The van der Waals surface area contributed by atoms with Gasteiger partial charge in [0.15, 0.2) is 17.3 Å². The fourth-order valence-corrected chi connectivity index (χ4v) is 4.37. The van der Waals surface area contributed by atoms with E-state index in [1.54, 1.807) is 66.7 Å². The summed E-state index contributed by atoms with van der Waals surface area (Å²) in [4.78, 5) is 41.3. The minimum atomic E-state index is -1.29. The van der Waals surface area contributed by atoms with E-state index in [2.05, 4.69) is 0 Å². The van der Waals surface area contributed by atoms with Crippen LogP contribution in [-0.4, -0.2) is 31.7 Å². The molecule has 6 nitrogen and oxygen atoms in total. The lowest BCUT2D eigenvalue weighted by molar-refractivity contribution is -0.135. The molecule has 3 aromatic carbocycles.